The van der Waals surface area contributed by atoms with E-state index in [9.17, 15) is 0 Å². The second kappa shape index (κ2) is 6.29. The van der Waals surface area contributed by atoms with Crippen molar-refractivity contribution >= 4 is 33.2 Å². The second-order valence-corrected chi connectivity index (χ2v) is 7.31. The predicted octanol–water partition coefficient (Wildman–Crippen LogP) is 4.18. The highest BCUT2D eigenvalue weighted by Crippen LogP contribution is 2.32. The Labute approximate surface area is 123 Å². The van der Waals surface area contributed by atoms with Crippen molar-refractivity contribution in [1.82, 2.24) is 5.32 Å². The number of hydrogen-bond acceptors (Lipinski definition) is 3. The lowest BCUT2D eigenvalue weighted by atomic mass is 9.94. The third-order valence-corrected chi connectivity index (χ3v) is 6.17. The van der Waals surface area contributed by atoms with Gasteiger partial charge in [-0.2, -0.15) is 11.8 Å². The first-order valence-corrected chi connectivity index (χ1v) is 9.18. The van der Waals surface area contributed by atoms with Crippen molar-refractivity contribution in [3.63, 3.8) is 0 Å². The molecule has 2 aromatic rings. The summed E-state index contributed by atoms with van der Waals surface area (Å²) >= 11 is 4.00. The average Bonchev–Trinajstić information content (AvgIpc) is 3.05. The van der Waals surface area contributed by atoms with Gasteiger partial charge in [0.1, 0.15) is 0 Å². The van der Waals surface area contributed by atoms with Crippen LogP contribution in [0.4, 0.5) is 0 Å². The number of thiophene rings is 1. The number of fused-ring (bicyclic) bond motifs is 1. The number of benzene rings is 1. The maximum atomic E-state index is 3.72. The van der Waals surface area contributed by atoms with Crippen LogP contribution < -0.4 is 5.32 Å². The zero-order valence-electron chi connectivity index (χ0n) is 11.4. The first-order valence-electron chi connectivity index (χ1n) is 7.14. The molecule has 0 amide bonds. The summed E-state index contributed by atoms with van der Waals surface area (Å²) in [6.07, 6.45) is 2.47. The summed E-state index contributed by atoms with van der Waals surface area (Å²) in [6.45, 7) is 3.41. The van der Waals surface area contributed by atoms with E-state index in [2.05, 4.69) is 53.6 Å². The number of hydrogen-bond donors (Lipinski definition) is 1. The summed E-state index contributed by atoms with van der Waals surface area (Å²) in [7, 11) is 0. The van der Waals surface area contributed by atoms with Crippen molar-refractivity contribution < 1.29 is 0 Å². The molecule has 1 saturated heterocycles. The molecule has 3 heteroatoms. The molecular formula is C16H21NS2. The normalized spacial score (nSPS) is 23.2. The van der Waals surface area contributed by atoms with Gasteiger partial charge in [-0.05, 0) is 53.5 Å². The quantitative estimate of drug-likeness (QED) is 0.887. The SMILES string of the molecule is CCCNC1CSCC1Cc1csc2ccccc12. The van der Waals surface area contributed by atoms with Gasteiger partial charge in [-0.1, -0.05) is 25.1 Å². The Balaban J connectivity index is 1.73. The Morgan fingerprint density at radius 1 is 1.26 bits per heavy atom. The van der Waals surface area contributed by atoms with Crippen LogP contribution in [0.15, 0.2) is 29.6 Å². The summed E-state index contributed by atoms with van der Waals surface area (Å²) in [5.41, 5.74) is 1.55. The third-order valence-electron chi connectivity index (χ3n) is 3.90. The molecule has 19 heavy (non-hydrogen) atoms. The largest absolute Gasteiger partial charge is 0.313 e. The number of nitrogens with one attached hydrogen (secondary N) is 1. The van der Waals surface area contributed by atoms with Gasteiger partial charge in [0.2, 0.25) is 0 Å². The smallest absolute Gasteiger partial charge is 0.0345 e. The zero-order valence-corrected chi connectivity index (χ0v) is 13.0. The number of rotatable bonds is 5. The van der Waals surface area contributed by atoms with Crippen molar-refractivity contribution in [1.29, 1.82) is 0 Å². The van der Waals surface area contributed by atoms with E-state index < -0.39 is 0 Å². The second-order valence-electron chi connectivity index (χ2n) is 5.32. The minimum Gasteiger partial charge on any atom is -0.313 e. The van der Waals surface area contributed by atoms with Crippen LogP contribution in [0.5, 0.6) is 0 Å². The van der Waals surface area contributed by atoms with E-state index in [4.69, 9.17) is 0 Å². The predicted molar refractivity (Wildman–Crippen MR) is 88.4 cm³/mol. The Hall–Kier alpha value is -0.510. The highest BCUT2D eigenvalue weighted by molar-refractivity contribution is 7.99. The van der Waals surface area contributed by atoms with Crippen LogP contribution in [0.3, 0.4) is 0 Å². The molecular weight excluding hydrogens is 270 g/mol. The van der Waals surface area contributed by atoms with Crippen LogP contribution in [0, 0.1) is 5.92 Å². The zero-order chi connectivity index (χ0) is 13.1. The van der Waals surface area contributed by atoms with Crippen molar-refractivity contribution in [2.45, 2.75) is 25.8 Å². The molecule has 0 bridgehead atoms. The molecule has 0 aliphatic carbocycles. The first kappa shape index (κ1) is 13.5. The topological polar surface area (TPSA) is 12.0 Å². The van der Waals surface area contributed by atoms with E-state index in [0.29, 0.717) is 6.04 Å². The van der Waals surface area contributed by atoms with Gasteiger partial charge < -0.3 is 5.32 Å². The minimum atomic E-state index is 0.712. The van der Waals surface area contributed by atoms with Gasteiger partial charge in [0.25, 0.3) is 0 Å². The minimum absolute atomic E-state index is 0.712. The van der Waals surface area contributed by atoms with E-state index >= 15 is 0 Å². The Morgan fingerprint density at radius 3 is 3.05 bits per heavy atom. The van der Waals surface area contributed by atoms with Crippen LogP contribution in [-0.4, -0.2) is 24.1 Å². The first-order chi connectivity index (χ1) is 9.38. The van der Waals surface area contributed by atoms with Gasteiger partial charge in [0.15, 0.2) is 0 Å². The molecule has 1 nitrogen and oxygen atoms in total. The fourth-order valence-corrected chi connectivity index (χ4v) is 5.24. The molecule has 1 N–H and O–H groups in total. The van der Waals surface area contributed by atoms with Gasteiger partial charge in [-0.15, -0.1) is 11.3 Å². The summed E-state index contributed by atoms with van der Waals surface area (Å²) in [6, 6.07) is 9.52. The van der Waals surface area contributed by atoms with Gasteiger partial charge in [-0.3, -0.25) is 0 Å². The monoisotopic (exact) mass is 291 g/mol. The van der Waals surface area contributed by atoms with Crippen LogP contribution >= 0.6 is 23.1 Å². The molecule has 0 radical (unpaired) electrons. The molecule has 2 atom stereocenters. The maximum Gasteiger partial charge on any atom is 0.0345 e. The highest BCUT2D eigenvalue weighted by atomic mass is 32.2. The molecule has 3 rings (SSSR count). The lowest BCUT2D eigenvalue weighted by molar-refractivity contribution is 0.426. The Bertz CT molecular complexity index is 534. The molecule has 1 aromatic heterocycles. The van der Waals surface area contributed by atoms with E-state index in [1.165, 1.54) is 34.4 Å². The van der Waals surface area contributed by atoms with Crippen LogP contribution in [0.2, 0.25) is 0 Å². The van der Waals surface area contributed by atoms with E-state index in [-0.39, 0.29) is 0 Å². The molecule has 1 aromatic carbocycles. The molecule has 0 saturated carbocycles. The van der Waals surface area contributed by atoms with Gasteiger partial charge in [0.05, 0.1) is 0 Å². The molecule has 0 spiro atoms. The lowest BCUT2D eigenvalue weighted by Crippen LogP contribution is -2.36. The van der Waals surface area contributed by atoms with Crippen molar-refractivity contribution in [2.75, 3.05) is 18.1 Å². The van der Waals surface area contributed by atoms with E-state index in [0.717, 1.165) is 12.5 Å². The molecule has 2 unspecified atom stereocenters. The van der Waals surface area contributed by atoms with Gasteiger partial charge in [0, 0.05) is 16.5 Å². The van der Waals surface area contributed by atoms with Gasteiger partial charge in [-0.25, -0.2) is 0 Å². The van der Waals surface area contributed by atoms with E-state index in [1.54, 1.807) is 5.56 Å². The average molecular weight is 291 g/mol. The van der Waals surface area contributed by atoms with Gasteiger partial charge >= 0.3 is 0 Å². The fraction of sp³-hybridized carbons (Fsp3) is 0.500. The lowest BCUT2D eigenvalue weighted by Gasteiger charge is -2.19. The summed E-state index contributed by atoms with van der Waals surface area (Å²) in [4.78, 5) is 0. The fourth-order valence-electron chi connectivity index (χ4n) is 2.83. The molecule has 102 valence electrons. The third kappa shape index (κ3) is 2.99. The molecule has 1 aliphatic heterocycles. The van der Waals surface area contributed by atoms with E-state index in [1.807, 2.05) is 11.3 Å². The maximum absolute atomic E-state index is 3.72. The molecule has 1 aliphatic rings. The summed E-state index contributed by atoms with van der Waals surface area (Å²) in [5.74, 6) is 3.40. The van der Waals surface area contributed by atoms with Crippen LogP contribution in [0.25, 0.3) is 10.1 Å². The number of thioether (sulfide) groups is 1. The standard InChI is InChI=1S/C16H21NS2/c1-2-7-17-15-11-18-9-13(15)8-12-10-19-16-6-4-3-5-14(12)16/h3-6,10,13,15,17H,2,7-9,11H2,1H3. The van der Waals surface area contributed by atoms with Crippen LogP contribution in [0.1, 0.15) is 18.9 Å². The summed E-state index contributed by atoms with van der Waals surface area (Å²) < 4.78 is 1.43. The molecule has 2 heterocycles. The van der Waals surface area contributed by atoms with Crippen molar-refractivity contribution in [3.8, 4) is 0 Å². The van der Waals surface area contributed by atoms with Crippen molar-refractivity contribution in [2.24, 2.45) is 5.92 Å². The highest BCUT2D eigenvalue weighted by Gasteiger charge is 2.27. The van der Waals surface area contributed by atoms with Crippen LogP contribution in [-0.2, 0) is 6.42 Å². The molecule has 1 fully saturated rings. The Morgan fingerprint density at radius 2 is 2.16 bits per heavy atom. The summed E-state index contributed by atoms with van der Waals surface area (Å²) in [5, 5.41) is 7.56. The Kier molecular flexibility index (Phi) is 4.46. The van der Waals surface area contributed by atoms with Crippen molar-refractivity contribution in [3.05, 3.63) is 35.2 Å².